The van der Waals surface area contributed by atoms with Gasteiger partial charge in [-0.3, -0.25) is 0 Å². The van der Waals surface area contributed by atoms with Gasteiger partial charge in [0, 0.05) is 16.9 Å². The lowest BCUT2D eigenvalue weighted by molar-refractivity contribution is 0.323. The zero-order valence-corrected chi connectivity index (χ0v) is 11.0. The van der Waals surface area contributed by atoms with Crippen LogP contribution in [0.3, 0.4) is 0 Å². The number of terminal acetylenes is 1. The summed E-state index contributed by atoms with van der Waals surface area (Å²) >= 11 is 3.44. The molecular weight excluding hydrogens is 266 g/mol. The molecule has 0 fully saturated rings. The predicted molar refractivity (Wildman–Crippen MR) is 70.4 cm³/mol. The van der Waals surface area contributed by atoms with Crippen molar-refractivity contribution in [3.63, 3.8) is 0 Å². The third kappa shape index (κ3) is 4.26. The van der Waals surface area contributed by atoms with E-state index >= 15 is 0 Å². The summed E-state index contributed by atoms with van der Waals surface area (Å²) in [5.41, 5.74) is 6.91. The first-order valence-electron chi connectivity index (χ1n) is 5.23. The number of rotatable bonds is 5. The molecule has 0 radical (unpaired) electrons. The van der Waals surface area contributed by atoms with Crippen LogP contribution in [0.5, 0.6) is 5.75 Å². The molecule has 0 aliphatic carbocycles. The summed E-state index contributed by atoms with van der Waals surface area (Å²) in [7, 11) is 0. The molecular formula is C13H16BrNO. The van der Waals surface area contributed by atoms with E-state index in [4.69, 9.17) is 16.9 Å². The van der Waals surface area contributed by atoms with E-state index in [1.165, 1.54) is 0 Å². The summed E-state index contributed by atoms with van der Waals surface area (Å²) in [6.07, 6.45) is 6.59. The molecule has 1 aromatic rings. The second-order valence-corrected chi connectivity index (χ2v) is 4.65. The zero-order chi connectivity index (χ0) is 12.0. The van der Waals surface area contributed by atoms with E-state index < -0.39 is 0 Å². The molecule has 1 atom stereocenters. The topological polar surface area (TPSA) is 35.2 Å². The maximum absolute atomic E-state index is 5.80. The highest BCUT2D eigenvalue weighted by Gasteiger charge is 2.06. The second kappa shape index (κ2) is 6.57. The highest BCUT2D eigenvalue weighted by molar-refractivity contribution is 9.10. The maximum Gasteiger partial charge on any atom is 0.122 e. The molecule has 2 nitrogen and oxygen atoms in total. The molecule has 0 saturated carbocycles. The smallest absolute Gasteiger partial charge is 0.122 e. The second-order valence-electron chi connectivity index (χ2n) is 3.74. The van der Waals surface area contributed by atoms with Crippen LogP contribution in [0.2, 0.25) is 0 Å². The Balaban J connectivity index is 2.77. The zero-order valence-electron chi connectivity index (χ0n) is 9.37. The number of ether oxygens (including phenoxy) is 1. The van der Waals surface area contributed by atoms with E-state index in [1.54, 1.807) is 0 Å². The monoisotopic (exact) mass is 281 g/mol. The van der Waals surface area contributed by atoms with Crippen molar-refractivity contribution >= 4 is 15.9 Å². The number of halogens is 1. The normalized spacial score (nSPS) is 11.9. The molecule has 16 heavy (non-hydrogen) atoms. The number of hydrogen-bond donors (Lipinski definition) is 1. The average Bonchev–Trinajstić information content (AvgIpc) is 2.20. The molecule has 0 aliphatic heterocycles. The summed E-state index contributed by atoms with van der Waals surface area (Å²) < 4.78 is 6.65. The Morgan fingerprint density at radius 1 is 1.56 bits per heavy atom. The van der Waals surface area contributed by atoms with Crippen LogP contribution in [0.1, 0.15) is 18.9 Å². The van der Waals surface area contributed by atoms with E-state index in [0.29, 0.717) is 13.0 Å². The quantitative estimate of drug-likeness (QED) is 0.665. The molecule has 0 aromatic heterocycles. The predicted octanol–water partition coefficient (Wildman–Crippen LogP) is 2.74. The molecule has 1 aromatic carbocycles. The van der Waals surface area contributed by atoms with Crippen LogP contribution in [0.4, 0.5) is 0 Å². The Morgan fingerprint density at radius 3 is 2.94 bits per heavy atom. The largest absolute Gasteiger partial charge is 0.492 e. The van der Waals surface area contributed by atoms with Crippen molar-refractivity contribution in [1.82, 2.24) is 0 Å². The van der Waals surface area contributed by atoms with E-state index in [0.717, 1.165) is 22.2 Å². The van der Waals surface area contributed by atoms with E-state index in [-0.39, 0.29) is 6.04 Å². The molecule has 0 spiro atoms. The van der Waals surface area contributed by atoms with Gasteiger partial charge in [-0.2, -0.15) is 0 Å². The fourth-order valence-electron chi connectivity index (χ4n) is 1.42. The van der Waals surface area contributed by atoms with Crippen LogP contribution in [0.15, 0.2) is 22.7 Å². The number of benzene rings is 1. The standard InChI is InChI=1S/C13H16BrNO/c1-3-4-7-16-13-6-5-12(14)9-11(13)8-10(2)15/h1,5-6,9-10H,4,7-8,15H2,2H3. The van der Waals surface area contributed by atoms with Gasteiger partial charge in [0.1, 0.15) is 5.75 Å². The molecule has 86 valence electrons. The van der Waals surface area contributed by atoms with Crippen molar-refractivity contribution in [2.75, 3.05) is 6.61 Å². The minimum atomic E-state index is 0.115. The van der Waals surface area contributed by atoms with Crippen LogP contribution in [-0.2, 0) is 6.42 Å². The Bertz CT molecular complexity index is 382. The van der Waals surface area contributed by atoms with Gasteiger partial charge in [0.15, 0.2) is 0 Å². The van der Waals surface area contributed by atoms with Gasteiger partial charge in [-0.1, -0.05) is 15.9 Å². The third-order valence-corrected chi connectivity index (χ3v) is 2.56. The Kier molecular flexibility index (Phi) is 5.37. The third-order valence-electron chi connectivity index (χ3n) is 2.07. The van der Waals surface area contributed by atoms with Crippen molar-refractivity contribution in [2.24, 2.45) is 5.73 Å². The molecule has 0 saturated heterocycles. The Labute approximate surface area is 105 Å². The van der Waals surface area contributed by atoms with Gasteiger partial charge in [-0.25, -0.2) is 0 Å². The first-order chi connectivity index (χ1) is 7.63. The minimum absolute atomic E-state index is 0.115. The summed E-state index contributed by atoms with van der Waals surface area (Å²) in [5.74, 6) is 3.42. The van der Waals surface area contributed by atoms with Gasteiger partial charge < -0.3 is 10.5 Å². The Morgan fingerprint density at radius 2 is 2.31 bits per heavy atom. The van der Waals surface area contributed by atoms with Gasteiger partial charge >= 0.3 is 0 Å². The molecule has 1 unspecified atom stereocenters. The fraction of sp³-hybridized carbons (Fsp3) is 0.385. The lowest BCUT2D eigenvalue weighted by atomic mass is 10.1. The summed E-state index contributed by atoms with van der Waals surface area (Å²) in [6, 6.07) is 6.05. The molecule has 2 N–H and O–H groups in total. The highest BCUT2D eigenvalue weighted by Crippen LogP contribution is 2.24. The lowest BCUT2D eigenvalue weighted by Crippen LogP contribution is -2.18. The van der Waals surface area contributed by atoms with Gasteiger partial charge in [0.25, 0.3) is 0 Å². The van der Waals surface area contributed by atoms with Crippen LogP contribution in [-0.4, -0.2) is 12.6 Å². The molecule has 0 amide bonds. The van der Waals surface area contributed by atoms with Gasteiger partial charge in [0.05, 0.1) is 6.61 Å². The number of hydrogen-bond acceptors (Lipinski definition) is 2. The van der Waals surface area contributed by atoms with Gasteiger partial charge in [0.2, 0.25) is 0 Å². The maximum atomic E-state index is 5.80. The lowest BCUT2D eigenvalue weighted by Gasteiger charge is -2.12. The van der Waals surface area contributed by atoms with Crippen LogP contribution in [0.25, 0.3) is 0 Å². The summed E-state index contributed by atoms with van der Waals surface area (Å²) in [4.78, 5) is 0. The van der Waals surface area contributed by atoms with Crippen LogP contribution >= 0.6 is 15.9 Å². The van der Waals surface area contributed by atoms with Crippen molar-refractivity contribution in [1.29, 1.82) is 0 Å². The van der Waals surface area contributed by atoms with Crippen molar-refractivity contribution < 1.29 is 4.74 Å². The first kappa shape index (κ1) is 13.1. The van der Waals surface area contributed by atoms with Crippen molar-refractivity contribution in [2.45, 2.75) is 25.8 Å². The molecule has 3 heteroatoms. The SMILES string of the molecule is C#CCCOc1ccc(Br)cc1CC(C)N. The van der Waals surface area contributed by atoms with Crippen molar-refractivity contribution in [3.8, 4) is 18.1 Å². The molecule has 0 aliphatic rings. The fourth-order valence-corrected chi connectivity index (χ4v) is 1.82. The average molecular weight is 282 g/mol. The number of nitrogens with two attached hydrogens (primary N) is 1. The van der Waals surface area contributed by atoms with E-state index in [1.807, 2.05) is 25.1 Å². The van der Waals surface area contributed by atoms with Gasteiger partial charge in [-0.15, -0.1) is 12.3 Å². The van der Waals surface area contributed by atoms with E-state index in [2.05, 4.69) is 21.9 Å². The molecule has 0 heterocycles. The first-order valence-corrected chi connectivity index (χ1v) is 6.03. The Hall–Kier alpha value is -0.980. The van der Waals surface area contributed by atoms with Gasteiger partial charge in [-0.05, 0) is 37.1 Å². The van der Waals surface area contributed by atoms with Crippen LogP contribution in [0, 0.1) is 12.3 Å². The van der Waals surface area contributed by atoms with Crippen molar-refractivity contribution in [3.05, 3.63) is 28.2 Å². The minimum Gasteiger partial charge on any atom is -0.492 e. The summed E-state index contributed by atoms with van der Waals surface area (Å²) in [5, 5.41) is 0. The van der Waals surface area contributed by atoms with Crippen LogP contribution < -0.4 is 10.5 Å². The summed E-state index contributed by atoms with van der Waals surface area (Å²) in [6.45, 7) is 2.52. The molecule has 0 bridgehead atoms. The molecule has 1 rings (SSSR count). The van der Waals surface area contributed by atoms with E-state index in [9.17, 15) is 0 Å². The highest BCUT2D eigenvalue weighted by atomic mass is 79.9.